The van der Waals surface area contributed by atoms with Gasteiger partial charge in [0.25, 0.3) is 5.91 Å². The van der Waals surface area contributed by atoms with Crippen LogP contribution >= 0.6 is 0 Å². The molecule has 1 amide bonds. The van der Waals surface area contributed by atoms with Gasteiger partial charge in [-0.3, -0.25) is 9.10 Å². The number of rotatable bonds is 13. The number of ether oxygens (including phenoxy) is 1. The first kappa shape index (κ1) is 30.3. The van der Waals surface area contributed by atoms with Crippen LogP contribution in [0.1, 0.15) is 34.8 Å². The SMILES string of the molecule is CCNc1cc(C(=O)N[C@@H](Cc2ccccc2)[C@H](O)CNCc2cccc(OC)c2)c(F)c(N2CCCS2(=O)=O)c1. The second-order valence-corrected chi connectivity index (χ2v) is 12.0. The van der Waals surface area contributed by atoms with E-state index >= 15 is 4.39 Å². The normalized spacial score (nSPS) is 15.8. The third kappa shape index (κ3) is 7.75. The highest BCUT2D eigenvalue weighted by atomic mass is 32.2. The largest absolute Gasteiger partial charge is 0.497 e. The van der Waals surface area contributed by atoms with Crippen LogP contribution in [-0.2, 0) is 23.0 Å². The molecular weight excluding hydrogens is 547 g/mol. The van der Waals surface area contributed by atoms with Crippen molar-refractivity contribution in [2.75, 3.05) is 42.1 Å². The third-order valence-corrected chi connectivity index (χ3v) is 8.80. The van der Waals surface area contributed by atoms with Crippen LogP contribution in [0.5, 0.6) is 5.75 Å². The van der Waals surface area contributed by atoms with Gasteiger partial charge in [0.05, 0.1) is 36.3 Å². The molecule has 3 aromatic rings. The highest BCUT2D eigenvalue weighted by Gasteiger charge is 2.33. The van der Waals surface area contributed by atoms with Gasteiger partial charge in [0, 0.05) is 31.9 Å². The molecule has 4 N–H and O–H groups in total. The monoisotopic (exact) mass is 584 g/mol. The van der Waals surface area contributed by atoms with E-state index in [0.29, 0.717) is 31.6 Å². The number of benzene rings is 3. The van der Waals surface area contributed by atoms with Crippen LogP contribution in [0.3, 0.4) is 0 Å². The van der Waals surface area contributed by atoms with Gasteiger partial charge in [-0.15, -0.1) is 0 Å². The Morgan fingerprint density at radius 3 is 2.54 bits per heavy atom. The van der Waals surface area contributed by atoms with Crippen molar-refractivity contribution in [3.63, 3.8) is 0 Å². The summed E-state index contributed by atoms with van der Waals surface area (Å²) in [7, 11) is -2.08. The standard InChI is InChI=1S/C30H37FN4O5S/c1-3-33-23-17-25(29(31)27(18-23)35-13-8-14-41(35,38)39)30(37)34-26(16-21-9-5-4-6-10-21)28(36)20-32-19-22-11-7-12-24(15-22)40-2/h4-7,9-12,15,17-18,26,28,32-33,36H,3,8,13-14,16,19-20H2,1-2H3,(H,34,37)/t26-,28+/m0/s1. The minimum atomic E-state index is -3.67. The molecule has 1 aliphatic rings. The van der Waals surface area contributed by atoms with Crippen LogP contribution in [0.2, 0.25) is 0 Å². The molecule has 1 aliphatic heterocycles. The number of sulfonamides is 1. The van der Waals surface area contributed by atoms with Crippen molar-refractivity contribution >= 4 is 27.3 Å². The Balaban J connectivity index is 1.56. The molecule has 0 spiro atoms. The van der Waals surface area contributed by atoms with Crippen molar-refractivity contribution in [3.05, 3.63) is 89.2 Å². The summed E-state index contributed by atoms with van der Waals surface area (Å²) < 4.78 is 47.2. The molecule has 1 fully saturated rings. The van der Waals surface area contributed by atoms with Crippen LogP contribution < -0.4 is 25.0 Å². The number of carbonyl (C=O) groups is 1. The van der Waals surface area contributed by atoms with Crippen LogP contribution in [-0.4, -0.2) is 64.1 Å². The second kappa shape index (κ2) is 13.8. The summed E-state index contributed by atoms with van der Waals surface area (Å²) in [5, 5.41) is 20.2. The predicted octanol–water partition coefficient (Wildman–Crippen LogP) is 3.30. The molecule has 1 heterocycles. The van der Waals surface area contributed by atoms with E-state index in [0.717, 1.165) is 21.2 Å². The van der Waals surface area contributed by atoms with Gasteiger partial charge in [0.15, 0.2) is 5.82 Å². The third-order valence-electron chi connectivity index (χ3n) is 6.94. The molecule has 4 rings (SSSR count). The maximum absolute atomic E-state index is 15.8. The Morgan fingerprint density at radius 2 is 1.85 bits per heavy atom. The smallest absolute Gasteiger partial charge is 0.254 e. The summed E-state index contributed by atoms with van der Waals surface area (Å²) in [6, 6.07) is 18.9. The van der Waals surface area contributed by atoms with Crippen molar-refractivity contribution < 1.29 is 27.4 Å². The number of anilines is 2. The highest BCUT2D eigenvalue weighted by molar-refractivity contribution is 7.93. The first-order valence-electron chi connectivity index (χ1n) is 13.7. The second-order valence-electron chi connectivity index (χ2n) is 9.95. The van der Waals surface area contributed by atoms with Gasteiger partial charge < -0.3 is 25.8 Å². The zero-order valence-corrected chi connectivity index (χ0v) is 24.1. The molecule has 0 saturated carbocycles. The topological polar surface area (TPSA) is 120 Å². The van der Waals surface area contributed by atoms with Crippen LogP contribution in [0.15, 0.2) is 66.7 Å². The van der Waals surface area contributed by atoms with Crippen molar-refractivity contribution in [2.24, 2.45) is 0 Å². The Morgan fingerprint density at radius 1 is 1.10 bits per heavy atom. The summed E-state index contributed by atoms with van der Waals surface area (Å²) in [6.07, 6.45) is -0.331. The Bertz CT molecular complexity index is 1440. The molecule has 220 valence electrons. The Hall–Kier alpha value is -3.67. The first-order chi connectivity index (χ1) is 19.7. The number of aliphatic hydroxyl groups is 1. The lowest BCUT2D eigenvalue weighted by Gasteiger charge is -2.26. The van der Waals surface area contributed by atoms with Gasteiger partial charge in [0.2, 0.25) is 10.0 Å². The van der Waals surface area contributed by atoms with Gasteiger partial charge in [0.1, 0.15) is 5.75 Å². The summed E-state index contributed by atoms with van der Waals surface area (Å²) in [4.78, 5) is 13.5. The molecule has 1 saturated heterocycles. The lowest BCUT2D eigenvalue weighted by Crippen LogP contribution is -2.49. The number of nitrogens with one attached hydrogen (secondary N) is 3. The Kier molecular flexibility index (Phi) is 10.2. The fourth-order valence-corrected chi connectivity index (χ4v) is 6.41. The molecule has 3 aromatic carbocycles. The Labute approximate surface area is 240 Å². The molecule has 41 heavy (non-hydrogen) atoms. The van der Waals surface area contributed by atoms with Gasteiger partial charge in [-0.1, -0.05) is 42.5 Å². The number of hydrogen-bond acceptors (Lipinski definition) is 7. The van der Waals surface area contributed by atoms with Crippen molar-refractivity contribution in [1.29, 1.82) is 0 Å². The summed E-state index contributed by atoms with van der Waals surface area (Å²) in [5.41, 5.74) is 1.82. The number of halogens is 1. The zero-order chi connectivity index (χ0) is 29.4. The molecule has 9 nitrogen and oxygen atoms in total. The highest BCUT2D eigenvalue weighted by Crippen LogP contribution is 2.32. The molecular formula is C30H37FN4O5S. The van der Waals surface area contributed by atoms with Crippen molar-refractivity contribution in [2.45, 2.75) is 38.5 Å². The van der Waals surface area contributed by atoms with Crippen molar-refractivity contribution in [3.8, 4) is 5.75 Å². The van der Waals surface area contributed by atoms with Crippen LogP contribution in [0.25, 0.3) is 0 Å². The number of methoxy groups -OCH3 is 1. The average Bonchev–Trinajstić information content (AvgIpc) is 3.32. The molecule has 0 bridgehead atoms. The van der Waals surface area contributed by atoms with Crippen molar-refractivity contribution in [1.82, 2.24) is 10.6 Å². The fourth-order valence-electron chi connectivity index (χ4n) is 4.86. The maximum atomic E-state index is 15.8. The van der Waals surface area contributed by atoms with Crippen LogP contribution in [0, 0.1) is 5.82 Å². The summed E-state index contributed by atoms with van der Waals surface area (Å²) in [6.45, 7) is 3.11. The fraction of sp³-hybridized carbons (Fsp3) is 0.367. The number of carbonyl (C=O) groups excluding carboxylic acids is 1. The van der Waals surface area contributed by atoms with Gasteiger partial charge in [-0.05, 0) is 55.2 Å². The van der Waals surface area contributed by atoms with Gasteiger partial charge in [-0.2, -0.15) is 0 Å². The summed E-state index contributed by atoms with van der Waals surface area (Å²) in [5.74, 6) is -1.01. The minimum Gasteiger partial charge on any atom is -0.497 e. The number of nitrogens with zero attached hydrogens (tertiary/aromatic N) is 1. The van der Waals surface area contributed by atoms with E-state index < -0.39 is 33.9 Å². The quantitative estimate of drug-likeness (QED) is 0.243. The zero-order valence-electron chi connectivity index (χ0n) is 23.3. The molecule has 0 aliphatic carbocycles. The predicted molar refractivity (Wildman–Crippen MR) is 158 cm³/mol. The number of amides is 1. The van der Waals surface area contributed by atoms with E-state index in [2.05, 4.69) is 16.0 Å². The lowest BCUT2D eigenvalue weighted by molar-refractivity contribution is 0.0826. The van der Waals surface area contributed by atoms with Gasteiger partial charge in [-0.25, -0.2) is 12.8 Å². The maximum Gasteiger partial charge on any atom is 0.254 e. The molecule has 0 radical (unpaired) electrons. The number of hydrogen-bond donors (Lipinski definition) is 4. The first-order valence-corrected chi connectivity index (χ1v) is 15.3. The summed E-state index contributed by atoms with van der Waals surface area (Å²) >= 11 is 0. The van der Waals surface area contributed by atoms with E-state index in [1.807, 2.05) is 61.5 Å². The van der Waals surface area contributed by atoms with E-state index in [9.17, 15) is 18.3 Å². The minimum absolute atomic E-state index is 0.0759. The van der Waals surface area contributed by atoms with E-state index in [1.165, 1.54) is 12.1 Å². The van der Waals surface area contributed by atoms with Gasteiger partial charge >= 0.3 is 0 Å². The molecule has 2 atom stereocenters. The molecule has 0 unspecified atom stereocenters. The van der Waals surface area contributed by atoms with E-state index in [4.69, 9.17) is 4.74 Å². The van der Waals surface area contributed by atoms with Crippen LogP contribution in [0.4, 0.5) is 15.8 Å². The lowest BCUT2D eigenvalue weighted by atomic mass is 10.00. The average molecular weight is 585 g/mol. The van der Waals surface area contributed by atoms with E-state index in [1.54, 1.807) is 7.11 Å². The molecule has 0 aromatic heterocycles. The number of aliphatic hydroxyl groups excluding tert-OH is 1. The molecule has 11 heteroatoms. The van der Waals surface area contributed by atoms with E-state index in [-0.39, 0.29) is 30.1 Å².